The van der Waals surface area contributed by atoms with Crippen molar-refractivity contribution >= 4 is 11.6 Å². The lowest BCUT2D eigenvalue weighted by molar-refractivity contribution is -0.0495. The summed E-state index contributed by atoms with van der Waals surface area (Å²) >= 11 is 6.21. The molecule has 20 heavy (non-hydrogen) atoms. The first kappa shape index (κ1) is 15.7. The number of hydrazine groups is 1. The van der Waals surface area contributed by atoms with E-state index in [2.05, 4.69) is 10.5 Å². The van der Waals surface area contributed by atoms with E-state index in [0.29, 0.717) is 24.4 Å². The molecule has 1 atom stereocenters. The van der Waals surface area contributed by atoms with Crippen molar-refractivity contribution in [3.8, 4) is 0 Å². The van der Waals surface area contributed by atoms with E-state index >= 15 is 0 Å². The molecule has 0 bridgehead atoms. The second-order valence-corrected chi connectivity index (χ2v) is 6.01. The van der Waals surface area contributed by atoms with Gasteiger partial charge in [-0.05, 0) is 32.1 Å². The monoisotopic (exact) mass is 306 g/mol. The molecule has 1 saturated carbocycles. The lowest BCUT2D eigenvalue weighted by atomic mass is 9.80. The molecule has 0 saturated heterocycles. The van der Waals surface area contributed by atoms with E-state index in [9.17, 15) is 8.78 Å². The largest absolute Gasteiger partial charge is 0.271 e. The van der Waals surface area contributed by atoms with Gasteiger partial charge in [-0.2, -0.15) is 5.10 Å². The van der Waals surface area contributed by atoms with Crippen molar-refractivity contribution in [3.63, 3.8) is 0 Å². The van der Waals surface area contributed by atoms with Crippen LogP contribution in [0.1, 0.15) is 36.9 Å². The standard InChI is InChI=1S/C13H21ClF2N4/c1-8-10(12(14)20(2)19-8)7-11(18-17)9-3-5-13(15,16)6-4-9/h9,11,18H,3-7,17H2,1-2H3. The summed E-state index contributed by atoms with van der Waals surface area (Å²) in [7, 11) is 1.78. The molecule has 2 rings (SSSR count). The van der Waals surface area contributed by atoms with E-state index in [4.69, 9.17) is 17.4 Å². The summed E-state index contributed by atoms with van der Waals surface area (Å²) in [5, 5.41) is 4.85. The Labute approximate surface area is 122 Å². The number of alkyl halides is 2. The van der Waals surface area contributed by atoms with Gasteiger partial charge in [-0.15, -0.1) is 0 Å². The normalized spacial score (nSPS) is 21.1. The Hall–Kier alpha value is -0.720. The van der Waals surface area contributed by atoms with E-state index in [-0.39, 0.29) is 24.8 Å². The van der Waals surface area contributed by atoms with Gasteiger partial charge in [0.15, 0.2) is 0 Å². The maximum atomic E-state index is 13.2. The number of aromatic nitrogens is 2. The van der Waals surface area contributed by atoms with E-state index in [1.54, 1.807) is 11.7 Å². The molecule has 3 N–H and O–H groups in total. The van der Waals surface area contributed by atoms with Crippen LogP contribution in [0.3, 0.4) is 0 Å². The Morgan fingerprint density at radius 1 is 1.50 bits per heavy atom. The minimum atomic E-state index is -2.52. The SMILES string of the molecule is Cc1nn(C)c(Cl)c1CC(NN)C1CCC(F)(F)CC1. The molecule has 0 radical (unpaired) electrons. The highest BCUT2D eigenvalue weighted by atomic mass is 35.5. The van der Waals surface area contributed by atoms with Crippen LogP contribution >= 0.6 is 11.6 Å². The average molecular weight is 307 g/mol. The maximum Gasteiger partial charge on any atom is 0.248 e. The highest BCUT2D eigenvalue weighted by molar-refractivity contribution is 6.30. The molecular formula is C13H21ClF2N4. The van der Waals surface area contributed by atoms with Gasteiger partial charge in [-0.25, -0.2) is 8.78 Å². The maximum absolute atomic E-state index is 13.2. The Bertz CT molecular complexity index is 465. The fourth-order valence-corrected chi connectivity index (χ4v) is 3.20. The average Bonchev–Trinajstić information content (AvgIpc) is 2.62. The summed E-state index contributed by atoms with van der Waals surface area (Å²) in [6, 6.07) is -0.0495. The molecule has 1 aliphatic rings. The molecule has 1 aromatic heterocycles. The lowest BCUT2D eigenvalue weighted by Gasteiger charge is -2.33. The highest BCUT2D eigenvalue weighted by Crippen LogP contribution is 2.38. The summed E-state index contributed by atoms with van der Waals surface area (Å²) in [5.74, 6) is 3.25. The van der Waals surface area contributed by atoms with Crippen molar-refractivity contribution in [1.29, 1.82) is 0 Å². The predicted octanol–water partition coefficient (Wildman–Crippen LogP) is 2.58. The zero-order chi connectivity index (χ0) is 14.9. The second-order valence-electron chi connectivity index (χ2n) is 5.65. The molecular weight excluding hydrogens is 286 g/mol. The topological polar surface area (TPSA) is 55.9 Å². The molecule has 0 amide bonds. The summed E-state index contributed by atoms with van der Waals surface area (Å²) in [5.41, 5.74) is 4.57. The Kier molecular flexibility index (Phi) is 4.66. The van der Waals surface area contributed by atoms with Crippen molar-refractivity contribution in [2.45, 2.75) is 51.0 Å². The minimum absolute atomic E-state index is 0.0495. The van der Waals surface area contributed by atoms with E-state index in [1.807, 2.05) is 6.92 Å². The van der Waals surface area contributed by atoms with Crippen molar-refractivity contribution in [3.05, 3.63) is 16.4 Å². The van der Waals surface area contributed by atoms with Crippen LogP contribution in [-0.2, 0) is 13.5 Å². The predicted molar refractivity (Wildman–Crippen MR) is 74.7 cm³/mol. The van der Waals surface area contributed by atoms with Gasteiger partial charge in [0.05, 0.1) is 5.69 Å². The van der Waals surface area contributed by atoms with E-state index in [0.717, 1.165) is 11.3 Å². The van der Waals surface area contributed by atoms with E-state index < -0.39 is 5.92 Å². The molecule has 1 aromatic rings. The molecule has 1 heterocycles. The number of nitrogens with zero attached hydrogens (tertiary/aromatic N) is 2. The molecule has 1 aliphatic carbocycles. The quantitative estimate of drug-likeness (QED) is 0.664. The van der Waals surface area contributed by atoms with Crippen molar-refractivity contribution in [1.82, 2.24) is 15.2 Å². The third-order valence-corrected chi connectivity index (χ3v) is 4.71. The third kappa shape index (κ3) is 3.30. The molecule has 1 fully saturated rings. The van der Waals surface area contributed by atoms with Crippen LogP contribution in [0.2, 0.25) is 5.15 Å². The van der Waals surface area contributed by atoms with Crippen LogP contribution in [0.15, 0.2) is 0 Å². The Morgan fingerprint density at radius 3 is 2.55 bits per heavy atom. The van der Waals surface area contributed by atoms with Gasteiger partial charge in [-0.1, -0.05) is 11.6 Å². The number of nitrogens with one attached hydrogen (secondary N) is 1. The number of aryl methyl sites for hydroxylation is 2. The van der Waals surface area contributed by atoms with Gasteiger partial charge >= 0.3 is 0 Å². The summed E-state index contributed by atoms with van der Waals surface area (Å²) in [6.07, 6.45) is 1.47. The Morgan fingerprint density at radius 2 is 2.10 bits per heavy atom. The molecule has 7 heteroatoms. The minimum Gasteiger partial charge on any atom is -0.271 e. The van der Waals surface area contributed by atoms with Gasteiger partial charge in [0.1, 0.15) is 5.15 Å². The number of halogens is 3. The lowest BCUT2D eigenvalue weighted by Crippen LogP contribution is -2.45. The van der Waals surface area contributed by atoms with Crippen LogP contribution < -0.4 is 11.3 Å². The zero-order valence-electron chi connectivity index (χ0n) is 11.8. The van der Waals surface area contributed by atoms with Crippen LogP contribution in [0.25, 0.3) is 0 Å². The summed E-state index contributed by atoms with van der Waals surface area (Å²) in [6.45, 7) is 1.89. The summed E-state index contributed by atoms with van der Waals surface area (Å²) < 4.78 is 28.1. The zero-order valence-corrected chi connectivity index (χ0v) is 12.6. The van der Waals surface area contributed by atoms with Crippen LogP contribution in [0.5, 0.6) is 0 Å². The summed E-state index contributed by atoms with van der Waals surface area (Å²) in [4.78, 5) is 0. The van der Waals surface area contributed by atoms with Gasteiger partial charge in [-0.3, -0.25) is 16.0 Å². The van der Waals surface area contributed by atoms with Gasteiger partial charge in [0, 0.05) is 31.5 Å². The molecule has 0 aromatic carbocycles. The van der Waals surface area contributed by atoms with Gasteiger partial charge in [0.2, 0.25) is 5.92 Å². The highest BCUT2D eigenvalue weighted by Gasteiger charge is 2.37. The van der Waals surface area contributed by atoms with Crippen molar-refractivity contribution in [2.24, 2.45) is 18.8 Å². The first-order valence-corrected chi connectivity index (χ1v) is 7.24. The fraction of sp³-hybridized carbons (Fsp3) is 0.769. The number of nitrogens with two attached hydrogens (primary N) is 1. The number of hydrogen-bond donors (Lipinski definition) is 2. The van der Waals surface area contributed by atoms with Crippen molar-refractivity contribution in [2.75, 3.05) is 0 Å². The fourth-order valence-electron chi connectivity index (χ4n) is 2.95. The second kappa shape index (κ2) is 5.95. The van der Waals surface area contributed by atoms with Crippen LogP contribution in [-0.4, -0.2) is 21.7 Å². The first-order chi connectivity index (χ1) is 9.34. The molecule has 4 nitrogen and oxygen atoms in total. The number of hydrogen-bond acceptors (Lipinski definition) is 3. The molecule has 0 aliphatic heterocycles. The first-order valence-electron chi connectivity index (χ1n) is 6.86. The van der Waals surface area contributed by atoms with Gasteiger partial charge in [0.25, 0.3) is 0 Å². The van der Waals surface area contributed by atoms with Crippen LogP contribution in [0, 0.1) is 12.8 Å². The van der Waals surface area contributed by atoms with Crippen LogP contribution in [0.4, 0.5) is 8.78 Å². The third-order valence-electron chi connectivity index (χ3n) is 4.24. The van der Waals surface area contributed by atoms with Gasteiger partial charge < -0.3 is 0 Å². The van der Waals surface area contributed by atoms with Crippen molar-refractivity contribution < 1.29 is 8.78 Å². The Balaban J connectivity index is 2.06. The molecule has 114 valence electrons. The number of rotatable bonds is 4. The molecule has 1 unspecified atom stereocenters. The molecule has 0 spiro atoms. The smallest absolute Gasteiger partial charge is 0.248 e. The van der Waals surface area contributed by atoms with E-state index in [1.165, 1.54) is 0 Å².